The van der Waals surface area contributed by atoms with Gasteiger partial charge in [-0.15, -0.1) is 0 Å². The SMILES string of the molecule is CC(C)C1CN(c2ccc(F)c(Br)c2)C(C(C)C)CN1. The summed E-state index contributed by atoms with van der Waals surface area (Å²) in [5.41, 5.74) is 1.10. The molecule has 2 nitrogen and oxygen atoms in total. The third kappa shape index (κ3) is 3.34. The fourth-order valence-corrected chi connectivity index (χ4v) is 3.16. The van der Waals surface area contributed by atoms with E-state index in [1.807, 2.05) is 12.1 Å². The molecule has 0 radical (unpaired) electrons. The van der Waals surface area contributed by atoms with Gasteiger partial charge in [-0.1, -0.05) is 27.7 Å². The van der Waals surface area contributed by atoms with E-state index >= 15 is 0 Å². The van der Waals surface area contributed by atoms with Crippen LogP contribution in [0.5, 0.6) is 0 Å². The van der Waals surface area contributed by atoms with Gasteiger partial charge in [-0.05, 0) is 46.0 Å². The van der Waals surface area contributed by atoms with Gasteiger partial charge in [-0.3, -0.25) is 0 Å². The van der Waals surface area contributed by atoms with Gasteiger partial charge in [0.05, 0.1) is 4.47 Å². The summed E-state index contributed by atoms with van der Waals surface area (Å²) in [6, 6.07) is 6.26. The highest BCUT2D eigenvalue weighted by Gasteiger charge is 2.31. The van der Waals surface area contributed by atoms with Gasteiger partial charge in [0.25, 0.3) is 0 Å². The highest BCUT2D eigenvalue weighted by Crippen LogP contribution is 2.28. The summed E-state index contributed by atoms with van der Waals surface area (Å²) in [5.74, 6) is 0.944. The molecule has 0 spiro atoms. The Bertz CT molecular complexity index is 462. The summed E-state index contributed by atoms with van der Waals surface area (Å²) in [5, 5.41) is 3.65. The van der Waals surface area contributed by atoms with Crippen molar-refractivity contribution in [3.8, 4) is 0 Å². The predicted octanol–water partition coefficient (Wildman–Crippen LogP) is 4.05. The van der Waals surface area contributed by atoms with Crippen LogP contribution in [0, 0.1) is 17.7 Å². The summed E-state index contributed by atoms with van der Waals surface area (Å²) in [7, 11) is 0. The summed E-state index contributed by atoms with van der Waals surface area (Å²) in [6.45, 7) is 10.9. The Labute approximate surface area is 129 Å². The topological polar surface area (TPSA) is 15.3 Å². The average Bonchev–Trinajstić information content (AvgIpc) is 2.41. The molecule has 1 aliphatic rings. The predicted molar refractivity (Wildman–Crippen MR) is 86.7 cm³/mol. The van der Waals surface area contributed by atoms with Gasteiger partial charge in [0.2, 0.25) is 0 Å². The Hall–Kier alpha value is -0.610. The van der Waals surface area contributed by atoms with Crippen molar-refractivity contribution in [3.05, 3.63) is 28.5 Å². The summed E-state index contributed by atoms with van der Waals surface area (Å²) in [6.07, 6.45) is 0. The zero-order valence-corrected chi connectivity index (χ0v) is 14.2. The van der Waals surface area contributed by atoms with E-state index in [2.05, 4.69) is 53.8 Å². The Kier molecular flexibility index (Phi) is 5.08. The minimum absolute atomic E-state index is 0.203. The number of nitrogens with one attached hydrogen (secondary N) is 1. The fourth-order valence-electron chi connectivity index (χ4n) is 2.80. The van der Waals surface area contributed by atoms with Crippen LogP contribution in [0.4, 0.5) is 10.1 Å². The maximum atomic E-state index is 13.4. The van der Waals surface area contributed by atoms with Gasteiger partial charge >= 0.3 is 0 Å². The number of anilines is 1. The van der Waals surface area contributed by atoms with Gasteiger partial charge in [0.15, 0.2) is 0 Å². The van der Waals surface area contributed by atoms with Gasteiger partial charge in [0, 0.05) is 30.9 Å². The minimum atomic E-state index is -0.203. The summed E-state index contributed by atoms with van der Waals surface area (Å²) in [4.78, 5) is 2.43. The summed E-state index contributed by atoms with van der Waals surface area (Å²) < 4.78 is 14.0. The highest BCUT2D eigenvalue weighted by molar-refractivity contribution is 9.10. The van der Waals surface area contributed by atoms with Crippen LogP contribution in [-0.2, 0) is 0 Å². The number of piperazine rings is 1. The molecule has 2 atom stereocenters. The molecule has 1 aromatic rings. The Morgan fingerprint density at radius 2 is 1.95 bits per heavy atom. The van der Waals surface area contributed by atoms with Crippen LogP contribution in [0.2, 0.25) is 0 Å². The molecule has 0 saturated carbocycles. The molecule has 20 heavy (non-hydrogen) atoms. The highest BCUT2D eigenvalue weighted by atomic mass is 79.9. The Morgan fingerprint density at radius 1 is 1.25 bits per heavy atom. The van der Waals surface area contributed by atoms with Gasteiger partial charge in [0.1, 0.15) is 5.82 Å². The minimum Gasteiger partial charge on any atom is -0.365 e. The molecule has 0 aromatic heterocycles. The first kappa shape index (κ1) is 15.8. The van der Waals surface area contributed by atoms with Crippen molar-refractivity contribution in [1.29, 1.82) is 0 Å². The van der Waals surface area contributed by atoms with Crippen molar-refractivity contribution >= 4 is 21.6 Å². The van der Waals surface area contributed by atoms with Crippen LogP contribution in [0.25, 0.3) is 0 Å². The van der Waals surface area contributed by atoms with E-state index in [-0.39, 0.29) is 5.82 Å². The van der Waals surface area contributed by atoms with Crippen molar-refractivity contribution in [1.82, 2.24) is 5.32 Å². The van der Waals surface area contributed by atoms with Crippen LogP contribution >= 0.6 is 15.9 Å². The zero-order valence-electron chi connectivity index (χ0n) is 12.7. The van der Waals surface area contributed by atoms with Gasteiger partial charge < -0.3 is 10.2 Å². The molecule has 1 heterocycles. The number of hydrogen-bond acceptors (Lipinski definition) is 2. The normalized spacial score (nSPS) is 23.7. The molecule has 1 fully saturated rings. The third-order valence-electron chi connectivity index (χ3n) is 4.19. The molecule has 2 unspecified atom stereocenters. The van der Waals surface area contributed by atoms with E-state index in [1.165, 1.54) is 0 Å². The molecule has 0 bridgehead atoms. The van der Waals surface area contributed by atoms with E-state index < -0.39 is 0 Å². The molecule has 0 amide bonds. The molecule has 1 aromatic carbocycles. The van der Waals surface area contributed by atoms with Gasteiger partial charge in [-0.2, -0.15) is 0 Å². The Balaban J connectivity index is 2.28. The average molecular weight is 343 g/mol. The second kappa shape index (κ2) is 6.44. The summed E-state index contributed by atoms with van der Waals surface area (Å²) >= 11 is 3.30. The van der Waals surface area contributed by atoms with Gasteiger partial charge in [-0.25, -0.2) is 4.39 Å². The number of benzene rings is 1. The first-order valence-corrected chi connectivity index (χ1v) is 8.14. The smallest absolute Gasteiger partial charge is 0.137 e. The van der Waals surface area contributed by atoms with E-state index in [9.17, 15) is 4.39 Å². The number of halogens is 2. The van der Waals surface area contributed by atoms with E-state index in [1.54, 1.807) is 6.07 Å². The quantitative estimate of drug-likeness (QED) is 0.891. The molecule has 4 heteroatoms. The van der Waals surface area contributed by atoms with Crippen LogP contribution in [0.15, 0.2) is 22.7 Å². The van der Waals surface area contributed by atoms with Crippen molar-refractivity contribution < 1.29 is 4.39 Å². The molecule has 2 rings (SSSR count). The van der Waals surface area contributed by atoms with Crippen molar-refractivity contribution in [2.24, 2.45) is 11.8 Å². The maximum absolute atomic E-state index is 13.4. The number of hydrogen-bond donors (Lipinski definition) is 1. The Morgan fingerprint density at radius 3 is 2.50 bits per heavy atom. The van der Waals surface area contributed by atoms with Crippen molar-refractivity contribution in [2.75, 3.05) is 18.0 Å². The largest absolute Gasteiger partial charge is 0.365 e. The molecular formula is C16H24BrFN2. The second-order valence-electron chi connectivity index (χ2n) is 6.32. The van der Waals surface area contributed by atoms with Crippen LogP contribution in [0.3, 0.4) is 0 Å². The fraction of sp³-hybridized carbons (Fsp3) is 0.625. The van der Waals surface area contributed by atoms with E-state index in [4.69, 9.17) is 0 Å². The lowest BCUT2D eigenvalue weighted by molar-refractivity contribution is 0.295. The lowest BCUT2D eigenvalue weighted by atomic mass is 9.93. The standard InChI is InChI=1S/C16H24BrFN2/c1-10(2)15-9-20(16(8-19-15)11(3)4)12-5-6-14(18)13(17)7-12/h5-7,10-11,15-16,19H,8-9H2,1-4H3. The molecular weight excluding hydrogens is 319 g/mol. The molecule has 1 N–H and O–H groups in total. The van der Waals surface area contributed by atoms with Crippen LogP contribution in [-0.4, -0.2) is 25.2 Å². The second-order valence-corrected chi connectivity index (χ2v) is 7.18. The first-order valence-electron chi connectivity index (χ1n) is 7.35. The monoisotopic (exact) mass is 342 g/mol. The molecule has 112 valence electrons. The van der Waals surface area contributed by atoms with E-state index in [0.29, 0.717) is 28.4 Å². The zero-order chi connectivity index (χ0) is 14.9. The van der Waals surface area contributed by atoms with Crippen molar-refractivity contribution in [2.45, 2.75) is 39.8 Å². The maximum Gasteiger partial charge on any atom is 0.137 e. The van der Waals surface area contributed by atoms with Crippen LogP contribution in [0.1, 0.15) is 27.7 Å². The number of nitrogens with zero attached hydrogens (tertiary/aromatic N) is 1. The number of rotatable bonds is 3. The molecule has 0 aliphatic carbocycles. The first-order chi connectivity index (χ1) is 9.40. The lowest BCUT2D eigenvalue weighted by Gasteiger charge is -2.45. The molecule has 1 aliphatic heterocycles. The van der Waals surface area contributed by atoms with E-state index in [0.717, 1.165) is 18.8 Å². The van der Waals surface area contributed by atoms with Crippen molar-refractivity contribution in [3.63, 3.8) is 0 Å². The molecule has 1 saturated heterocycles. The van der Waals surface area contributed by atoms with Crippen LogP contribution < -0.4 is 10.2 Å². The third-order valence-corrected chi connectivity index (χ3v) is 4.80. The lowest BCUT2D eigenvalue weighted by Crippen LogP contribution is -2.60.